The van der Waals surface area contributed by atoms with Crippen molar-refractivity contribution in [3.05, 3.63) is 22.2 Å². The summed E-state index contributed by atoms with van der Waals surface area (Å²) < 4.78 is 0. The van der Waals surface area contributed by atoms with E-state index in [9.17, 15) is 10.1 Å². The summed E-state index contributed by atoms with van der Waals surface area (Å²) >= 11 is 0. The van der Waals surface area contributed by atoms with Gasteiger partial charge in [-0.25, -0.2) is 4.98 Å². The number of hydrogen-bond donors (Lipinski definition) is 2. The van der Waals surface area contributed by atoms with Crippen molar-refractivity contribution in [1.82, 2.24) is 4.98 Å². The zero-order valence-electron chi connectivity index (χ0n) is 13.4. The molecular weight excluding hydrogens is 268 g/mol. The van der Waals surface area contributed by atoms with Crippen LogP contribution in [0.15, 0.2) is 12.1 Å². The summed E-state index contributed by atoms with van der Waals surface area (Å²) in [4.78, 5) is 15.2. The third-order valence-corrected chi connectivity index (χ3v) is 4.04. The largest absolute Gasteiger partial charge is 0.370 e. The quantitative estimate of drug-likeness (QED) is 0.527. The predicted molar refractivity (Wildman–Crippen MR) is 86.9 cm³/mol. The zero-order chi connectivity index (χ0) is 15.9. The maximum atomic E-state index is 11.2. The van der Waals surface area contributed by atoms with E-state index in [4.69, 9.17) is 0 Å². The maximum absolute atomic E-state index is 11.2. The molecule has 1 aromatic rings. The Hall–Kier alpha value is -1.85. The van der Waals surface area contributed by atoms with Crippen molar-refractivity contribution in [1.29, 1.82) is 0 Å². The van der Waals surface area contributed by atoms with Gasteiger partial charge in [0.15, 0.2) is 0 Å². The van der Waals surface area contributed by atoms with Gasteiger partial charge in [-0.3, -0.25) is 10.1 Å². The molecule has 6 nitrogen and oxygen atoms in total. The third kappa shape index (κ3) is 4.31. The van der Waals surface area contributed by atoms with Crippen LogP contribution >= 0.6 is 0 Å². The van der Waals surface area contributed by atoms with Crippen LogP contribution in [-0.4, -0.2) is 22.0 Å². The SMILES string of the molecule is CCCNc1ccc([N+](=O)[O-])c(NC(CC)(CC)CC)n1. The molecule has 0 spiro atoms. The molecule has 6 heteroatoms. The van der Waals surface area contributed by atoms with E-state index >= 15 is 0 Å². The molecule has 0 fully saturated rings. The lowest BCUT2D eigenvalue weighted by molar-refractivity contribution is -0.384. The van der Waals surface area contributed by atoms with Crippen LogP contribution in [0, 0.1) is 10.1 Å². The average Bonchev–Trinajstić information content (AvgIpc) is 2.50. The normalized spacial score (nSPS) is 11.2. The first kappa shape index (κ1) is 17.2. The van der Waals surface area contributed by atoms with Crippen LogP contribution in [0.4, 0.5) is 17.3 Å². The van der Waals surface area contributed by atoms with Gasteiger partial charge in [-0.2, -0.15) is 0 Å². The van der Waals surface area contributed by atoms with E-state index in [2.05, 4.69) is 43.3 Å². The summed E-state index contributed by atoms with van der Waals surface area (Å²) in [6.45, 7) is 9.12. The number of nitrogens with one attached hydrogen (secondary N) is 2. The molecule has 0 atom stereocenters. The second kappa shape index (κ2) is 7.81. The minimum Gasteiger partial charge on any atom is -0.370 e. The lowest BCUT2D eigenvalue weighted by atomic mass is 9.90. The summed E-state index contributed by atoms with van der Waals surface area (Å²) in [6.07, 6.45) is 3.66. The summed E-state index contributed by atoms with van der Waals surface area (Å²) in [7, 11) is 0. The second-order valence-corrected chi connectivity index (χ2v) is 5.21. The number of nitrogens with zero attached hydrogens (tertiary/aromatic N) is 2. The summed E-state index contributed by atoms with van der Waals surface area (Å²) in [5.74, 6) is 1.02. The molecule has 0 bridgehead atoms. The van der Waals surface area contributed by atoms with Crippen molar-refractivity contribution in [3.8, 4) is 0 Å². The van der Waals surface area contributed by atoms with Gasteiger partial charge in [0.05, 0.1) is 4.92 Å². The molecule has 2 N–H and O–H groups in total. The topological polar surface area (TPSA) is 80.1 Å². The molecule has 21 heavy (non-hydrogen) atoms. The van der Waals surface area contributed by atoms with Gasteiger partial charge in [0.25, 0.3) is 0 Å². The van der Waals surface area contributed by atoms with Crippen LogP contribution in [0.25, 0.3) is 0 Å². The minimum atomic E-state index is -0.384. The smallest absolute Gasteiger partial charge is 0.311 e. The first-order valence-corrected chi connectivity index (χ1v) is 7.69. The van der Waals surface area contributed by atoms with Crippen molar-refractivity contribution < 1.29 is 4.92 Å². The van der Waals surface area contributed by atoms with Gasteiger partial charge in [0, 0.05) is 18.2 Å². The Kier molecular flexibility index (Phi) is 6.39. The number of hydrogen-bond acceptors (Lipinski definition) is 5. The molecule has 0 radical (unpaired) electrons. The number of rotatable bonds is 9. The first-order chi connectivity index (χ1) is 10.0. The van der Waals surface area contributed by atoms with Gasteiger partial charge in [-0.1, -0.05) is 27.7 Å². The molecule has 0 unspecified atom stereocenters. The lowest BCUT2D eigenvalue weighted by Gasteiger charge is -2.32. The van der Waals surface area contributed by atoms with Crippen molar-refractivity contribution >= 4 is 17.3 Å². The predicted octanol–water partition coefficient (Wildman–Crippen LogP) is 4.19. The molecule has 0 aromatic carbocycles. The number of pyridine rings is 1. The molecule has 0 saturated carbocycles. The molecule has 1 rings (SSSR count). The molecule has 1 aromatic heterocycles. The van der Waals surface area contributed by atoms with Crippen LogP contribution in [0.1, 0.15) is 53.4 Å². The summed E-state index contributed by atoms with van der Waals surface area (Å²) in [5, 5.41) is 17.7. The zero-order valence-corrected chi connectivity index (χ0v) is 13.4. The number of anilines is 2. The van der Waals surface area contributed by atoms with Gasteiger partial charge in [0.1, 0.15) is 5.82 Å². The highest BCUT2D eigenvalue weighted by Gasteiger charge is 2.28. The molecule has 0 amide bonds. The third-order valence-electron chi connectivity index (χ3n) is 4.04. The molecule has 1 heterocycles. The first-order valence-electron chi connectivity index (χ1n) is 7.69. The van der Waals surface area contributed by atoms with E-state index in [1.54, 1.807) is 6.07 Å². The van der Waals surface area contributed by atoms with Gasteiger partial charge < -0.3 is 10.6 Å². The van der Waals surface area contributed by atoms with Crippen LogP contribution in [0.3, 0.4) is 0 Å². The Balaban J connectivity index is 3.13. The highest BCUT2D eigenvalue weighted by atomic mass is 16.6. The molecule has 0 saturated heterocycles. The average molecular weight is 294 g/mol. The van der Waals surface area contributed by atoms with E-state index in [0.29, 0.717) is 11.6 Å². The fraction of sp³-hybridized carbons (Fsp3) is 0.667. The Morgan fingerprint density at radius 1 is 1.19 bits per heavy atom. The maximum Gasteiger partial charge on any atom is 0.311 e. The van der Waals surface area contributed by atoms with Crippen molar-refractivity contribution in [2.75, 3.05) is 17.2 Å². The number of aromatic nitrogens is 1. The monoisotopic (exact) mass is 294 g/mol. The molecule has 118 valence electrons. The van der Waals surface area contributed by atoms with Crippen LogP contribution in [-0.2, 0) is 0 Å². The minimum absolute atomic E-state index is 0.0248. The highest BCUT2D eigenvalue weighted by molar-refractivity contribution is 5.61. The lowest BCUT2D eigenvalue weighted by Crippen LogP contribution is -2.36. The van der Waals surface area contributed by atoms with Gasteiger partial charge in [0.2, 0.25) is 5.82 Å². The highest BCUT2D eigenvalue weighted by Crippen LogP contribution is 2.31. The Labute approximate surface area is 126 Å². The van der Waals surface area contributed by atoms with Crippen molar-refractivity contribution in [2.45, 2.75) is 58.9 Å². The van der Waals surface area contributed by atoms with E-state index in [0.717, 1.165) is 32.2 Å². The summed E-state index contributed by atoms with van der Waals surface area (Å²) in [6, 6.07) is 3.17. The Bertz CT molecular complexity index is 464. The second-order valence-electron chi connectivity index (χ2n) is 5.21. The summed E-state index contributed by atoms with van der Waals surface area (Å²) in [5.41, 5.74) is -0.127. The Morgan fingerprint density at radius 2 is 1.81 bits per heavy atom. The van der Waals surface area contributed by atoms with Crippen LogP contribution < -0.4 is 10.6 Å². The number of nitro groups is 1. The van der Waals surface area contributed by atoms with E-state index < -0.39 is 0 Å². The molecular formula is C15H26N4O2. The van der Waals surface area contributed by atoms with Crippen LogP contribution in [0.5, 0.6) is 0 Å². The van der Waals surface area contributed by atoms with Crippen LogP contribution in [0.2, 0.25) is 0 Å². The van der Waals surface area contributed by atoms with Gasteiger partial charge >= 0.3 is 5.69 Å². The van der Waals surface area contributed by atoms with Crippen molar-refractivity contribution in [3.63, 3.8) is 0 Å². The molecule has 0 aliphatic rings. The fourth-order valence-electron chi connectivity index (χ4n) is 2.31. The fourth-order valence-corrected chi connectivity index (χ4v) is 2.31. The van der Waals surface area contributed by atoms with Gasteiger partial charge in [-0.15, -0.1) is 0 Å². The molecule has 0 aliphatic heterocycles. The Morgan fingerprint density at radius 3 is 2.29 bits per heavy atom. The van der Waals surface area contributed by atoms with E-state index in [-0.39, 0.29) is 16.1 Å². The molecule has 0 aliphatic carbocycles. The van der Waals surface area contributed by atoms with Crippen molar-refractivity contribution in [2.24, 2.45) is 0 Å². The van der Waals surface area contributed by atoms with Gasteiger partial charge in [-0.05, 0) is 31.7 Å². The standard InChI is InChI=1S/C15H26N4O2/c1-5-11-16-13-10-9-12(19(20)21)14(17-13)18-15(6-2,7-3)8-4/h9-10H,5-8,11H2,1-4H3,(H2,16,17,18). The van der Waals surface area contributed by atoms with E-state index in [1.807, 2.05) is 0 Å². The van der Waals surface area contributed by atoms with E-state index in [1.165, 1.54) is 6.07 Å².